The Balaban J connectivity index is 3.03. The molecule has 0 saturated heterocycles. The second kappa shape index (κ2) is 7.62. The van der Waals surface area contributed by atoms with Crippen LogP contribution in [0.2, 0.25) is 5.02 Å². The highest BCUT2D eigenvalue weighted by molar-refractivity contribution is 6.30. The Morgan fingerprint density at radius 1 is 1.44 bits per heavy atom. The normalized spacial score (nSPS) is 12.5. The lowest BCUT2D eigenvalue weighted by atomic mass is 10.1. The molecule has 1 unspecified atom stereocenters. The van der Waals surface area contributed by atoms with Crippen LogP contribution in [-0.2, 0) is 11.3 Å². The van der Waals surface area contributed by atoms with E-state index in [1.807, 2.05) is 18.2 Å². The monoisotopic (exact) mass is 270 g/mol. The zero-order valence-electron chi connectivity index (χ0n) is 11.4. The molecule has 2 N–H and O–H groups in total. The van der Waals surface area contributed by atoms with Gasteiger partial charge in [-0.05, 0) is 37.1 Å². The van der Waals surface area contributed by atoms with Crippen molar-refractivity contribution in [2.24, 2.45) is 5.73 Å². The van der Waals surface area contributed by atoms with Gasteiger partial charge in [0.15, 0.2) is 0 Å². The minimum absolute atomic E-state index is 0.451. The van der Waals surface area contributed by atoms with Gasteiger partial charge in [-0.3, -0.25) is 0 Å². The Bertz CT molecular complexity index is 371. The third-order valence-electron chi connectivity index (χ3n) is 3.23. The van der Waals surface area contributed by atoms with Gasteiger partial charge in [0, 0.05) is 37.0 Å². The van der Waals surface area contributed by atoms with Crippen LogP contribution in [-0.4, -0.2) is 26.3 Å². The number of anilines is 1. The number of hydrogen-bond donors (Lipinski definition) is 1. The third-order valence-corrected chi connectivity index (χ3v) is 3.47. The summed E-state index contributed by atoms with van der Waals surface area (Å²) in [5, 5.41) is 0.732. The SMILES string of the molecule is CCC(C)N(CCOC)c1ccc(Cl)cc1CN. The Kier molecular flexibility index (Phi) is 6.47. The Labute approximate surface area is 115 Å². The molecule has 0 spiro atoms. The molecule has 1 aromatic rings. The molecule has 1 aromatic carbocycles. The van der Waals surface area contributed by atoms with Crippen molar-refractivity contribution in [2.45, 2.75) is 32.9 Å². The van der Waals surface area contributed by atoms with Gasteiger partial charge in [0.1, 0.15) is 0 Å². The minimum Gasteiger partial charge on any atom is -0.383 e. The molecule has 4 heteroatoms. The van der Waals surface area contributed by atoms with Crippen molar-refractivity contribution in [2.75, 3.05) is 25.2 Å². The molecule has 0 bridgehead atoms. The summed E-state index contributed by atoms with van der Waals surface area (Å²) in [4.78, 5) is 2.34. The van der Waals surface area contributed by atoms with Crippen LogP contribution in [0.1, 0.15) is 25.8 Å². The number of hydrogen-bond acceptors (Lipinski definition) is 3. The summed E-state index contributed by atoms with van der Waals surface area (Å²) in [6.07, 6.45) is 1.08. The van der Waals surface area contributed by atoms with E-state index in [9.17, 15) is 0 Å². The van der Waals surface area contributed by atoms with E-state index in [1.54, 1.807) is 7.11 Å². The molecule has 0 aromatic heterocycles. The highest BCUT2D eigenvalue weighted by Gasteiger charge is 2.15. The molecule has 3 nitrogen and oxygen atoms in total. The van der Waals surface area contributed by atoms with E-state index in [0.717, 1.165) is 29.2 Å². The Morgan fingerprint density at radius 2 is 2.17 bits per heavy atom. The first-order valence-corrected chi connectivity index (χ1v) is 6.75. The topological polar surface area (TPSA) is 38.5 Å². The van der Waals surface area contributed by atoms with Gasteiger partial charge < -0.3 is 15.4 Å². The first-order chi connectivity index (χ1) is 8.63. The van der Waals surface area contributed by atoms with Crippen molar-refractivity contribution in [1.82, 2.24) is 0 Å². The van der Waals surface area contributed by atoms with Crippen molar-refractivity contribution in [1.29, 1.82) is 0 Å². The largest absolute Gasteiger partial charge is 0.383 e. The van der Waals surface area contributed by atoms with Crippen molar-refractivity contribution < 1.29 is 4.74 Å². The predicted octanol–water partition coefficient (Wildman–Crippen LogP) is 3.05. The number of nitrogens with zero attached hydrogens (tertiary/aromatic N) is 1. The fourth-order valence-electron chi connectivity index (χ4n) is 1.99. The molecule has 102 valence electrons. The van der Waals surface area contributed by atoms with E-state index < -0.39 is 0 Å². The van der Waals surface area contributed by atoms with Gasteiger partial charge in [-0.2, -0.15) is 0 Å². The highest BCUT2D eigenvalue weighted by atomic mass is 35.5. The summed E-state index contributed by atoms with van der Waals surface area (Å²) < 4.78 is 5.19. The number of methoxy groups -OCH3 is 1. The number of rotatable bonds is 7. The molecule has 0 radical (unpaired) electrons. The fraction of sp³-hybridized carbons (Fsp3) is 0.571. The van der Waals surface area contributed by atoms with Crippen LogP contribution in [0.3, 0.4) is 0 Å². The average molecular weight is 271 g/mol. The first-order valence-electron chi connectivity index (χ1n) is 6.38. The second-order valence-corrected chi connectivity index (χ2v) is 4.86. The molecule has 0 saturated carbocycles. The zero-order valence-corrected chi connectivity index (χ0v) is 12.2. The molecule has 1 atom stereocenters. The van der Waals surface area contributed by atoms with Crippen LogP contribution in [0.4, 0.5) is 5.69 Å². The van der Waals surface area contributed by atoms with E-state index >= 15 is 0 Å². The molecule has 18 heavy (non-hydrogen) atoms. The number of benzene rings is 1. The maximum atomic E-state index is 6.02. The van der Waals surface area contributed by atoms with Crippen LogP contribution in [0.15, 0.2) is 18.2 Å². The zero-order chi connectivity index (χ0) is 13.5. The van der Waals surface area contributed by atoms with Gasteiger partial charge in [0.2, 0.25) is 0 Å². The lowest BCUT2D eigenvalue weighted by Crippen LogP contribution is -2.36. The molecule has 0 amide bonds. The third kappa shape index (κ3) is 3.87. The summed E-state index contributed by atoms with van der Waals surface area (Å²) in [6, 6.07) is 6.36. The quantitative estimate of drug-likeness (QED) is 0.828. The maximum Gasteiger partial charge on any atom is 0.0637 e. The summed E-state index contributed by atoms with van der Waals surface area (Å²) in [7, 11) is 1.72. The van der Waals surface area contributed by atoms with Crippen molar-refractivity contribution in [3.63, 3.8) is 0 Å². The summed E-state index contributed by atoms with van der Waals surface area (Å²) in [6.45, 7) is 6.46. The van der Waals surface area contributed by atoms with E-state index in [4.69, 9.17) is 22.1 Å². The number of halogens is 1. The van der Waals surface area contributed by atoms with Crippen LogP contribution in [0, 0.1) is 0 Å². The molecule has 0 heterocycles. The second-order valence-electron chi connectivity index (χ2n) is 4.42. The maximum absolute atomic E-state index is 6.02. The molecule has 1 rings (SSSR count). The van der Waals surface area contributed by atoms with Crippen LogP contribution < -0.4 is 10.6 Å². The number of ether oxygens (including phenoxy) is 1. The highest BCUT2D eigenvalue weighted by Crippen LogP contribution is 2.26. The van der Waals surface area contributed by atoms with Crippen LogP contribution in [0.25, 0.3) is 0 Å². The smallest absolute Gasteiger partial charge is 0.0637 e. The first kappa shape index (κ1) is 15.3. The Morgan fingerprint density at radius 3 is 2.72 bits per heavy atom. The standard InChI is InChI=1S/C14H23ClN2O/c1-4-11(2)17(7-8-18-3)14-6-5-13(15)9-12(14)10-16/h5-6,9,11H,4,7-8,10,16H2,1-3H3. The molecular formula is C14H23ClN2O. The molecule has 0 aliphatic heterocycles. The van der Waals surface area contributed by atoms with E-state index in [2.05, 4.69) is 18.7 Å². The van der Waals surface area contributed by atoms with Crippen molar-refractivity contribution in [3.8, 4) is 0 Å². The van der Waals surface area contributed by atoms with Gasteiger partial charge in [0.25, 0.3) is 0 Å². The van der Waals surface area contributed by atoms with Gasteiger partial charge in [0.05, 0.1) is 6.61 Å². The Hall–Kier alpha value is -0.770. The lowest BCUT2D eigenvalue weighted by molar-refractivity contribution is 0.203. The van der Waals surface area contributed by atoms with Crippen molar-refractivity contribution >= 4 is 17.3 Å². The average Bonchev–Trinajstić information content (AvgIpc) is 2.39. The van der Waals surface area contributed by atoms with Gasteiger partial charge in [-0.25, -0.2) is 0 Å². The van der Waals surface area contributed by atoms with Crippen LogP contribution >= 0.6 is 11.6 Å². The number of nitrogens with two attached hydrogens (primary N) is 1. The fourth-order valence-corrected chi connectivity index (χ4v) is 2.18. The van der Waals surface area contributed by atoms with E-state index in [0.29, 0.717) is 19.2 Å². The molecular weight excluding hydrogens is 248 g/mol. The molecule has 0 aliphatic rings. The van der Waals surface area contributed by atoms with Crippen molar-refractivity contribution in [3.05, 3.63) is 28.8 Å². The minimum atomic E-state index is 0.451. The van der Waals surface area contributed by atoms with Gasteiger partial charge in [-0.1, -0.05) is 18.5 Å². The molecule has 0 fully saturated rings. The summed E-state index contributed by atoms with van der Waals surface area (Å²) >= 11 is 6.02. The van der Waals surface area contributed by atoms with Crippen LogP contribution in [0.5, 0.6) is 0 Å². The van der Waals surface area contributed by atoms with E-state index in [-0.39, 0.29) is 0 Å². The summed E-state index contributed by atoms with van der Waals surface area (Å²) in [5.41, 5.74) is 8.05. The van der Waals surface area contributed by atoms with Gasteiger partial charge >= 0.3 is 0 Å². The predicted molar refractivity (Wildman–Crippen MR) is 78.3 cm³/mol. The van der Waals surface area contributed by atoms with E-state index in [1.165, 1.54) is 0 Å². The lowest BCUT2D eigenvalue weighted by Gasteiger charge is -2.32. The van der Waals surface area contributed by atoms with Gasteiger partial charge in [-0.15, -0.1) is 0 Å². The summed E-state index contributed by atoms with van der Waals surface area (Å²) in [5.74, 6) is 0. The molecule has 0 aliphatic carbocycles.